The Kier molecular flexibility index (Phi) is 4.91. The fraction of sp³-hybridized carbons (Fsp3) is 0.545. The van der Waals surface area contributed by atoms with Gasteiger partial charge < -0.3 is 19.4 Å². The maximum Gasteiger partial charge on any atom is 0.219 e. The Morgan fingerprint density at radius 2 is 2.13 bits per heavy atom. The van der Waals surface area contributed by atoms with Crippen molar-refractivity contribution in [2.75, 3.05) is 32.7 Å². The van der Waals surface area contributed by atoms with Crippen LogP contribution < -0.4 is 0 Å². The van der Waals surface area contributed by atoms with Gasteiger partial charge in [-0.3, -0.25) is 4.79 Å². The Hall–Kier alpha value is -2.92. The van der Waals surface area contributed by atoms with Crippen LogP contribution in [-0.2, 0) is 4.79 Å². The SMILES string of the molecule is CC(=O)N1CCC(c2nc3cnc4[nH]ccc4c3n2C2CCN(CCC#N)CC2)C1. The van der Waals surface area contributed by atoms with Crippen LogP contribution in [0, 0.1) is 11.3 Å². The molecule has 3 aromatic rings. The quantitative estimate of drug-likeness (QED) is 0.720. The van der Waals surface area contributed by atoms with Crippen LogP contribution >= 0.6 is 0 Å². The molecule has 2 fully saturated rings. The number of nitriles is 1. The molecule has 0 aliphatic carbocycles. The van der Waals surface area contributed by atoms with Crippen molar-refractivity contribution in [2.45, 2.75) is 44.6 Å². The van der Waals surface area contributed by atoms with Gasteiger partial charge in [0.25, 0.3) is 0 Å². The van der Waals surface area contributed by atoms with Crippen molar-refractivity contribution in [3.63, 3.8) is 0 Å². The lowest BCUT2D eigenvalue weighted by Gasteiger charge is -2.33. The molecule has 8 nitrogen and oxygen atoms in total. The van der Waals surface area contributed by atoms with Crippen LogP contribution in [-0.4, -0.2) is 67.9 Å². The summed E-state index contributed by atoms with van der Waals surface area (Å²) in [5, 5.41) is 10.0. The van der Waals surface area contributed by atoms with E-state index >= 15 is 0 Å². The second-order valence-electron chi connectivity index (χ2n) is 8.50. The molecule has 30 heavy (non-hydrogen) atoms. The highest BCUT2D eigenvalue weighted by Gasteiger charge is 2.33. The minimum absolute atomic E-state index is 0.139. The van der Waals surface area contributed by atoms with Gasteiger partial charge in [-0.05, 0) is 25.3 Å². The van der Waals surface area contributed by atoms with Crippen LogP contribution in [0.3, 0.4) is 0 Å². The lowest BCUT2D eigenvalue weighted by molar-refractivity contribution is -0.127. The fourth-order valence-electron chi connectivity index (χ4n) is 5.13. The number of hydrogen-bond donors (Lipinski definition) is 1. The summed E-state index contributed by atoms with van der Waals surface area (Å²) in [6, 6.07) is 4.71. The number of carbonyl (C=O) groups excluding carboxylic acids is 1. The summed E-state index contributed by atoms with van der Waals surface area (Å²) in [5.41, 5.74) is 2.98. The van der Waals surface area contributed by atoms with Gasteiger partial charge >= 0.3 is 0 Å². The van der Waals surface area contributed by atoms with Crippen molar-refractivity contribution < 1.29 is 4.79 Å². The fourth-order valence-corrected chi connectivity index (χ4v) is 5.13. The van der Waals surface area contributed by atoms with Gasteiger partial charge in [0, 0.05) is 69.6 Å². The van der Waals surface area contributed by atoms with Gasteiger partial charge in [-0.25, -0.2) is 9.97 Å². The minimum atomic E-state index is 0.139. The number of rotatable bonds is 4. The molecule has 0 bridgehead atoms. The number of carbonyl (C=O) groups is 1. The number of aromatic amines is 1. The molecule has 1 atom stereocenters. The molecular formula is C22H27N7O. The summed E-state index contributed by atoms with van der Waals surface area (Å²) in [6.45, 7) is 6.03. The number of pyridine rings is 1. The Bertz CT molecular complexity index is 1120. The molecule has 5 rings (SSSR count). The second kappa shape index (κ2) is 7.73. The molecular weight excluding hydrogens is 378 g/mol. The first-order valence-electron chi connectivity index (χ1n) is 10.8. The van der Waals surface area contributed by atoms with Crippen LogP contribution in [0.5, 0.6) is 0 Å². The third-order valence-electron chi connectivity index (χ3n) is 6.72. The molecule has 0 radical (unpaired) electrons. The Labute approximate surface area is 175 Å². The van der Waals surface area contributed by atoms with E-state index in [0.29, 0.717) is 12.5 Å². The molecule has 3 aromatic heterocycles. The minimum Gasteiger partial charge on any atom is -0.346 e. The molecule has 2 saturated heterocycles. The third-order valence-corrected chi connectivity index (χ3v) is 6.72. The summed E-state index contributed by atoms with van der Waals surface area (Å²) in [7, 11) is 0. The summed E-state index contributed by atoms with van der Waals surface area (Å²) in [6.07, 6.45) is 7.43. The van der Waals surface area contributed by atoms with E-state index in [-0.39, 0.29) is 11.8 Å². The Morgan fingerprint density at radius 1 is 1.30 bits per heavy atom. The van der Waals surface area contributed by atoms with Crippen molar-refractivity contribution in [3.8, 4) is 6.07 Å². The highest BCUT2D eigenvalue weighted by molar-refractivity contribution is 6.01. The van der Waals surface area contributed by atoms with Crippen LogP contribution in [0.2, 0.25) is 0 Å². The van der Waals surface area contributed by atoms with E-state index in [1.807, 2.05) is 17.3 Å². The maximum absolute atomic E-state index is 11.9. The molecule has 5 heterocycles. The zero-order valence-corrected chi connectivity index (χ0v) is 17.3. The van der Waals surface area contributed by atoms with Gasteiger partial charge in [0.1, 0.15) is 17.0 Å². The van der Waals surface area contributed by atoms with Gasteiger partial charge in [-0.1, -0.05) is 0 Å². The number of hydrogen-bond acceptors (Lipinski definition) is 5. The summed E-state index contributed by atoms with van der Waals surface area (Å²) in [5.74, 6) is 1.49. The van der Waals surface area contributed by atoms with Gasteiger partial charge in [0.2, 0.25) is 5.91 Å². The summed E-state index contributed by atoms with van der Waals surface area (Å²) >= 11 is 0. The van der Waals surface area contributed by atoms with E-state index in [4.69, 9.17) is 10.2 Å². The van der Waals surface area contributed by atoms with Gasteiger partial charge in [-0.2, -0.15) is 5.26 Å². The lowest BCUT2D eigenvalue weighted by atomic mass is 10.0. The first kappa shape index (κ1) is 19.1. The van der Waals surface area contributed by atoms with Crippen molar-refractivity contribution in [1.29, 1.82) is 5.26 Å². The highest BCUT2D eigenvalue weighted by atomic mass is 16.2. The van der Waals surface area contributed by atoms with Gasteiger partial charge in [0.15, 0.2) is 0 Å². The van der Waals surface area contributed by atoms with Crippen molar-refractivity contribution in [1.82, 2.24) is 29.3 Å². The van der Waals surface area contributed by atoms with Crippen molar-refractivity contribution in [2.24, 2.45) is 0 Å². The molecule has 0 aromatic carbocycles. The van der Waals surface area contributed by atoms with Crippen LogP contribution in [0.4, 0.5) is 0 Å². The number of likely N-dealkylation sites (tertiary alicyclic amines) is 2. The van der Waals surface area contributed by atoms with Crippen molar-refractivity contribution >= 4 is 28.0 Å². The number of piperidine rings is 1. The largest absolute Gasteiger partial charge is 0.346 e. The molecule has 0 saturated carbocycles. The van der Waals surface area contributed by atoms with Crippen LogP contribution in [0.15, 0.2) is 18.5 Å². The molecule has 156 valence electrons. The number of fused-ring (bicyclic) bond motifs is 3. The lowest BCUT2D eigenvalue weighted by Crippen LogP contribution is -2.35. The van der Waals surface area contributed by atoms with Crippen LogP contribution in [0.25, 0.3) is 22.1 Å². The predicted octanol–water partition coefficient (Wildman–Crippen LogP) is 2.80. The molecule has 8 heteroatoms. The zero-order chi connectivity index (χ0) is 20.7. The predicted molar refractivity (Wildman–Crippen MR) is 114 cm³/mol. The van der Waals surface area contributed by atoms with E-state index in [2.05, 4.69) is 31.6 Å². The normalized spacial score (nSPS) is 20.9. The highest BCUT2D eigenvalue weighted by Crippen LogP contribution is 2.37. The van der Waals surface area contributed by atoms with E-state index in [1.165, 1.54) is 0 Å². The number of aromatic nitrogens is 4. The average Bonchev–Trinajstić information content (AvgIpc) is 3.49. The summed E-state index contributed by atoms with van der Waals surface area (Å²) in [4.78, 5) is 29.1. The first-order chi connectivity index (χ1) is 14.7. The molecule has 2 aliphatic rings. The van der Waals surface area contributed by atoms with Gasteiger partial charge in [0.05, 0.1) is 17.8 Å². The van der Waals surface area contributed by atoms with Gasteiger partial charge in [-0.15, -0.1) is 0 Å². The van der Waals surface area contributed by atoms with E-state index in [1.54, 1.807) is 6.92 Å². The average molecular weight is 406 g/mol. The number of amides is 1. The first-order valence-corrected chi connectivity index (χ1v) is 10.8. The number of nitrogens with one attached hydrogen (secondary N) is 1. The monoisotopic (exact) mass is 405 g/mol. The standard InChI is InChI=1S/C22H27N7O/c1-15(30)28-12-4-16(14-28)22-26-19-13-25-21-18(3-8-24-21)20(19)29(22)17-5-10-27(11-6-17)9-2-7-23/h3,8,13,16-17H,2,4-6,9-12,14H2,1H3,(H,24,25). The smallest absolute Gasteiger partial charge is 0.219 e. The molecule has 0 spiro atoms. The maximum atomic E-state index is 11.9. The number of imidazole rings is 1. The number of H-pyrrole nitrogens is 1. The van der Waals surface area contributed by atoms with E-state index in [0.717, 1.165) is 79.9 Å². The third kappa shape index (κ3) is 3.23. The molecule has 2 aliphatic heterocycles. The Morgan fingerprint density at radius 3 is 2.87 bits per heavy atom. The molecule has 1 amide bonds. The van der Waals surface area contributed by atoms with Crippen molar-refractivity contribution in [3.05, 3.63) is 24.3 Å². The van der Waals surface area contributed by atoms with Crippen LogP contribution in [0.1, 0.15) is 50.4 Å². The molecule has 1 N–H and O–H groups in total. The van der Waals surface area contributed by atoms with E-state index < -0.39 is 0 Å². The topological polar surface area (TPSA) is 93.8 Å². The Balaban J connectivity index is 1.54. The molecule has 1 unspecified atom stereocenters. The zero-order valence-electron chi connectivity index (χ0n) is 17.3. The number of nitrogens with zero attached hydrogens (tertiary/aromatic N) is 6. The van der Waals surface area contributed by atoms with E-state index in [9.17, 15) is 4.79 Å². The second-order valence-corrected chi connectivity index (χ2v) is 8.50. The summed E-state index contributed by atoms with van der Waals surface area (Å²) < 4.78 is 2.46.